The smallest absolute Gasteiger partial charge is 0.0238 e. The minimum Gasteiger partial charge on any atom is -0.0654 e. The highest BCUT2D eigenvalue weighted by molar-refractivity contribution is 5.16. The Hall–Kier alpha value is 0. The van der Waals surface area contributed by atoms with Crippen molar-refractivity contribution in [3.05, 3.63) is 0 Å². The van der Waals surface area contributed by atoms with E-state index in [-0.39, 0.29) is 0 Å². The van der Waals surface area contributed by atoms with E-state index in [1.165, 1.54) is 25.7 Å². The Bertz CT molecular complexity index is 150. The Kier molecular flexibility index (Phi) is 1.74. The van der Waals surface area contributed by atoms with Crippen molar-refractivity contribution in [1.82, 2.24) is 0 Å². The molecule has 0 N–H and O–H groups in total. The molecule has 0 aliphatic heterocycles. The Morgan fingerprint density at radius 3 is 2.45 bits per heavy atom. The van der Waals surface area contributed by atoms with Gasteiger partial charge in [-0.25, -0.2) is 0 Å². The topological polar surface area (TPSA) is 0 Å². The molecule has 0 heterocycles. The summed E-state index contributed by atoms with van der Waals surface area (Å²) in [7, 11) is 0. The fraction of sp³-hybridized carbons (Fsp3) is 1.00. The number of rotatable bonds is 4. The number of hydrogen-bond acceptors (Lipinski definition) is 0. The van der Waals surface area contributed by atoms with Crippen molar-refractivity contribution in [2.45, 2.75) is 52.4 Å². The molecule has 2 aliphatic carbocycles. The lowest BCUT2D eigenvalue weighted by Gasteiger charge is -1.96. The largest absolute Gasteiger partial charge is 0.0654 e. The second kappa shape index (κ2) is 2.50. The molecule has 11 heavy (non-hydrogen) atoms. The molecule has 2 saturated carbocycles. The molecule has 0 aromatic heterocycles. The highest BCUT2D eigenvalue weighted by atomic mass is 14.7. The van der Waals surface area contributed by atoms with Gasteiger partial charge in [-0.2, -0.15) is 0 Å². The Morgan fingerprint density at radius 2 is 2.00 bits per heavy atom. The van der Waals surface area contributed by atoms with E-state index in [9.17, 15) is 0 Å². The maximum atomic E-state index is 2.43. The van der Waals surface area contributed by atoms with Crippen LogP contribution in [0.2, 0.25) is 0 Å². The van der Waals surface area contributed by atoms with Gasteiger partial charge in [-0.1, -0.05) is 33.1 Å². The van der Waals surface area contributed by atoms with Crippen molar-refractivity contribution < 1.29 is 0 Å². The fourth-order valence-corrected chi connectivity index (χ4v) is 2.79. The highest BCUT2D eigenvalue weighted by Crippen LogP contribution is 2.75. The van der Waals surface area contributed by atoms with Crippen molar-refractivity contribution in [3.63, 3.8) is 0 Å². The lowest BCUT2D eigenvalue weighted by atomic mass is 10.1. The van der Waals surface area contributed by atoms with Crippen molar-refractivity contribution in [2.24, 2.45) is 17.3 Å². The first-order valence-corrected chi connectivity index (χ1v) is 5.29. The van der Waals surface area contributed by atoms with Crippen LogP contribution < -0.4 is 0 Å². The maximum absolute atomic E-state index is 2.43. The third-order valence-corrected chi connectivity index (χ3v) is 3.94. The molecular weight excluding hydrogens is 132 g/mol. The number of unbranched alkanes of at least 4 members (excludes halogenated alkanes) is 2. The Morgan fingerprint density at radius 1 is 1.27 bits per heavy atom. The molecule has 2 rings (SSSR count). The molecular formula is C11H20. The van der Waals surface area contributed by atoms with Crippen molar-refractivity contribution in [2.75, 3.05) is 0 Å². The normalized spacial score (nSPS) is 46.4. The lowest BCUT2D eigenvalue weighted by molar-refractivity contribution is 0.561. The van der Waals surface area contributed by atoms with Gasteiger partial charge >= 0.3 is 0 Å². The van der Waals surface area contributed by atoms with E-state index in [0.29, 0.717) is 0 Å². The molecule has 0 aromatic rings. The first-order valence-electron chi connectivity index (χ1n) is 5.29. The first-order chi connectivity index (χ1) is 5.29. The van der Waals surface area contributed by atoms with Crippen LogP contribution in [-0.2, 0) is 0 Å². The van der Waals surface area contributed by atoms with E-state index in [0.717, 1.165) is 17.3 Å². The summed E-state index contributed by atoms with van der Waals surface area (Å²) in [4.78, 5) is 0. The molecule has 0 nitrogen and oxygen atoms in total. The summed E-state index contributed by atoms with van der Waals surface area (Å²) in [5, 5.41) is 0. The van der Waals surface area contributed by atoms with Gasteiger partial charge in [0.05, 0.1) is 0 Å². The van der Waals surface area contributed by atoms with Crippen LogP contribution in [0.3, 0.4) is 0 Å². The summed E-state index contributed by atoms with van der Waals surface area (Å²) >= 11 is 0. The van der Waals surface area contributed by atoms with Gasteiger partial charge < -0.3 is 0 Å². The van der Waals surface area contributed by atoms with Crippen molar-refractivity contribution in [1.29, 1.82) is 0 Å². The zero-order valence-electron chi connectivity index (χ0n) is 7.90. The van der Waals surface area contributed by atoms with Crippen molar-refractivity contribution >= 4 is 0 Å². The van der Waals surface area contributed by atoms with Crippen LogP contribution in [0, 0.1) is 17.3 Å². The van der Waals surface area contributed by atoms with Crippen LogP contribution in [0.25, 0.3) is 0 Å². The number of hydrogen-bond donors (Lipinski definition) is 0. The molecule has 1 spiro atoms. The van der Waals surface area contributed by atoms with E-state index in [1.54, 1.807) is 12.8 Å². The van der Waals surface area contributed by atoms with Gasteiger partial charge in [-0.15, -0.1) is 0 Å². The molecule has 2 aliphatic rings. The summed E-state index contributed by atoms with van der Waals surface area (Å²) in [5.74, 6) is 2.25. The average molecular weight is 152 g/mol. The van der Waals surface area contributed by atoms with Gasteiger partial charge in [-0.3, -0.25) is 0 Å². The van der Waals surface area contributed by atoms with Crippen LogP contribution in [0.1, 0.15) is 52.4 Å². The Balaban J connectivity index is 1.61. The quantitative estimate of drug-likeness (QED) is 0.540. The van der Waals surface area contributed by atoms with Gasteiger partial charge in [0.25, 0.3) is 0 Å². The predicted molar refractivity (Wildman–Crippen MR) is 48.5 cm³/mol. The van der Waals surface area contributed by atoms with Gasteiger partial charge in [0.2, 0.25) is 0 Å². The molecule has 0 bridgehead atoms. The van der Waals surface area contributed by atoms with Crippen LogP contribution in [0.15, 0.2) is 0 Å². The second-order valence-electron chi connectivity index (χ2n) is 4.74. The summed E-state index contributed by atoms with van der Waals surface area (Å²) in [6.45, 7) is 4.72. The van der Waals surface area contributed by atoms with Gasteiger partial charge in [0.15, 0.2) is 0 Å². The van der Waals surface area contributed by atoms with Gasteiger partial charge in [-0.05, 0) is 36.5 Å². The minimum absolute atomic E-state index is 0.924. The zero-order valence-corrected chi connectivity index (χ0v) is 7.90. The molecule has 64 valence electrons. The highest BCUT2D eigenvalue weighted by Gasteiger charge is 2.67. The van der Waals surface area contributed by atoms with Crippen LogP contribution >= 0.6 is 0 Å². The van der Waals surface area contributed by atoms with E-state index >= 15 is 0 Å². The third-order valence-electron chi connectivity index (χ3n) is 3.94. The minimum atomic E-state index is 0.924. The monoisotopic (exact) mass is 152 g/mol. The lowest BCUT2D eigenvalue weighted by Crippen LogP contribution is -1.83. The standard InChI is InChI=1S/C11H20/c1-3-4-5-6-10-8-11(10)7-9(11)2/h9-10H,3-8H2,1-2H3. The first kappa shape index (κ1) is 7.64. The Labute approximate surface area is 70.4 Å². The predicted octanol–water partition coefficient (Wildman–Crippen LogP) is 3.61. The summed E-state index contributed by atoms with van der Waals surface area (Å²) < 4.78 is 0. The van der Waals surface area contributed by atoms with Crippen LogP contribution in [0.4, 0.5) is 0 Å². The summed E-state index contributed by atoms with van der Waals surface area (Å²) in [6, 6.07) is 0. The molecule has 2 fully saturated rings. The molecule has 0 saturated heterocycles. The van der Waals surface area contributed by atoms with Crippen LogP contribution in [0.5, 0.6) is 0 Å². The SMILES string of the molecule is CCCCCC1CC12CC2C. The second-order valence-corrected chi connectivity index (χ2v) is 4.74. The van der Waals surface area contributed by atoms with E-state index in [2.05, 4.69) is 13.8 Å². The van der Waals surface area contributed by atoms with Gasteiger partial charge in [0.1, 0.15) is 0 Å². The van der Waals surface area contributed by atoms with Gasteiger partial charge in [0, 0.05) is 0 Å². The van der Waals surface area contributed by atoms with E-state index in [4.69, 9.17) is 0 Å². The van der Waals surface area contributed by atoms with Crippen molar-refractivity contribution in [3.8, 4) is 0 Å². The fourth-order valence-electron chi connectivity index (χ4n) is 2.79. The molecule has 0 amide bonds. The zero-order chi connectivity index (χ0) is 7.90. The molecule has 0 radical (unpaired) electrons. The molecule has 0 heteroatoms. The third kappa shape index (κ3) is 1.21. The summed E-state index contributed by atoms with van der Waals surface area (Å²) in [6.07, 6.45) is 9.02. The average Bonchev–Trinajstić information content (AvgIpc) is 2.79. The maximum Gasteiger partial charge on any atom is -0.0238 e. The molecule has 0 aromatic carbocycles. The van der Waals surface area contributed by atoms with Crippen LogP contribution in [-0.4, -0.2) is 0 Å². The van der Waals surface area contributed by atoms with E-state index < -0.39 is 0 Å². The molecule has 3 unspecified atom stereocenters. The summed E-state index contributed by atoms with van der Waals surface area (Å²) in [5.41, 5.74) is 0.924. The van der Waals surface area contributed by atoms with E-state index in [1.807, 2.05) is 0 Å². The molecule has 3 atom stereocenters.